The Morgan fingerprint density at radius 2 is 1.81 bits per heavy atom. The Labute approximate surface area is 180 Å². The fourth-order valence-corrected chi connectivity index (χ4v) is 3.14. The average molecular weight is 422 g/mol. The van der Waals surface area contributed by atoms with Crippen LogP contribution in [0.25, 0.3) is 10.9 Å². The minimum absolute atomic E-state index is 0.0309. The minimum atomic E-state index is -0.324. The first-order chi connectivity index (χ1) is 14.9. The van der Waals surface area contributed by atoms with Gasteiger partial charge < -0.3 is 16.0 Å². The van der Waals surface area contributed by atoms with E-state index in [-0.39, 0.29) is 36.6 Å². The lowest BCUT2D eigenvalue weighted by atomic mass is 10.1. The van der Waals surface area contributed by atoms with Crippen molar-refractivity contribution in [3.63, 3.8) is 0 Å². The van der Waals surface area contributed by atoms with Gasteiger partial charge in [-0.3, -0.25) is 19.5 Å². The predicted molar refractivity (Wildman–Crippen MR) is 119 cm³/mol. The molecule has 0 radical (unpaired) electrons. The second kappa shape index (κ2) is 10.4. The topological polar surface area (TPSA) is 116 Å². The molecule has 8 nitrogen and oxygen atoms in total. The standard InChI is InChI=1S/C23H27N5O3/c1-15(2)12-21(30)26-17-7-5-6-16(13-17)14-25-20(29)10-11-24-23(31)22-18-8-3-4-9-19(18)27-28-22/h3-9,13,15H,10-12,14H2,1-2H3,(H,24,31)(H,25,29)(H,26,30)(H,27,28). The molecule has 3 amide bonds. The first-order valence-electron chi connectivity index (χ1n) is 10.3. The highest BCUT2D eigenvalue weighted by molar-refractivity contribution is 6.04. The van der Waals surface area contributed by atoms with Crippen LogP contribution >= 0.6 is 0 Å². The Morgan fingerprint density at radius 3 is 2.61 bits per heavy atom. The molecule has 0 saturated carbocycles. The molecule has 3 aromatic rings. The highest BCUT2D eigenvalue weighted by atomic mass is 16.2. The van der Waals surface area contributed by atoms with E-state index in [1.807, 2.05) is 62.4 Å². The fourth-order valence-electron chi connectivity index (χ4n) is 3.14. The van der Waals surface area contributed by atoms with Crippen LogP contribution in [-0.4, -0.2) is 34.5 Å². The Hall–Kier alpha value is -3.68. The first-order valence-corrected chi connectivity index (χ1v) is 10.3. The zero-order valence-corrected chi connectivity index (χ0v) is 17.7. The molecule has 3 rings (SSSR count). The van der Waals surface area contributed by atoms with E-state index in [0.717, 1.165) is 16.5 Å². The summed E-state index contributed by atoms with van der Waals surface area (Å²) < 4.78 is 0. The van der Waals surface area contributed by atoms with Crippen LogP contribution in [0.4, 0.5) is 5.69 Å². The maximum atomic E-state index is 12.3. The smallest absolute Gasteiger partial charge is 0.272 e. The van der Waals surface area contributed by atoms with Gasteiger partial charge in [-0.15, -0.1) is 0 Å². The number of rotatable bonds is 9. The minimum Gasteiger partial charge on any atom is -0.352 e. The van der Waals surface area contributed by atoms with Crippen LogP contribution in [-0.2, 0) is 16.1 Å². The number of benzene rings is 2. The molecule has 2 aromatic carbocycles. The van der Waals surface area contributed by atoms with Crippen LogP contribution in [0.5, 0.6) is 0 Å². The molecule has 0 saturated heterocycles. The summed E-state index contributed by atoms with van der Waals surface area (Å²) in [6, 6.07) is 14.7. The summed E-state index contributed by atoms with van der Waals surface area (Å²) in [6.45, 7) is 4.53. The molecule has 4 N–H and O–H groups in total. The van der Waals surface area contributed by atoms with Crippen LogP contribution in [0, 0.1) is 5.92 Å². The van der Waals surface area contributed by atoms with Gasteiger partial charge in [-0.25, -0.2) is 0 Å². The molecule has 0 atom stereocenters. The van der Waals surface area contributed by atoms with E-state index in [9.17, 15) is 14.4 Å². The molecule has 0 unspecified atom stereocenters. The van der Waals surface area contributed by atoms with E-state index in [0.29, 0.717) is 24.3 Å². The summed E-state index contributed by atoms with van der Waals surface area (Å²) in [5.41, 5.74) is 2.68. The van der Waals surface area contributed by atoms with Gasteiger partial charge >= 0.3 is 0 Å². The zero-order valence-electron chi connectivity index (χ0n) is 17.7. The van der Waals surface area contributed by atoms with Crippen LogP contribution in [0.1, 0.15) is 42.7 Å². The number of H-pyrrole nitrogens is 1. The van der Waals surface area contributed by atoms with E-state index >= 15 is 0 Å². The number of anilines is 1. The number of nitrogens with zero attached hydrogens (tertiary/aromatic N) is 1. The van der Waals surface area contributed by atoms with Crippen LogP contribution < -0.4 is 16.0 Å². The van der Waals surface area contributed by atoms with Crippen molar-refractivity contribution < 1.29 is 14.4 Å². The van der Waals surface area contributed by atoms with Gasteiger partial charge in [0, 0.05) is 37.0 Å². The van der Waals surface area contributed by atoms with Crippen molar-refractivity contribution in [2.45, 2.75) is 33.2 Å². The fraction of sp³-hybridized carbons (Fsp3) is 0.304. The summed E-state index contributed by atoms with van der Waals surface area (Å²) >= 11 is 0. The van der Waals surface area contributed by atoms with Gasteiger partial charge in [0.2, 0.25) is 11.8 Å². The molecule has 0 aliphatic carbocycles. The highest BCUT2D eigenvalue weighted by Crippen LogP contribution is 2.15. The normalized spacial score (nSPS) is 10.8. The number of carbonyl (C=O) groups excluding carboxylic acids is 3. The number of aromatic amines is 1. The SMILES string of the molecule is CC(C)CC(=O)Nc1cccc(CNC(=O)CCNC(=O)c2n[nH]c3ccccc23)c1. The lowest BCUT2D eigenvalue weighted by molar-refractivity contribution is -0.121. The van der Waals surface area contributed by atoms with Crippen molar-refractivity contribution in [2.75, 3.05) is 11.9 Å². The number of aromatic nitrogens is 2. The number of hydrogen-bond acceptors (Lipinski definition) is 4. The number of carbonyl (C=O) groups is 3. The van der Waals surface area contributed by atoms with E-state index in [2.05, 4.69) is 26.1 Å². The van der Waals surface area contributed by atoms with Gasteiger partial charge in [0.15, 0.2) is 5.69 Å². The summed E-state index contributed by atoms with van der Waals surface area (Å²) in [6.07, 6.45) is 0.611. The number of fused-ring (bicyclic) bond motifs is 1. The van der Waals surface area contributed by atoms with Crippen LogP contribution in [0.15, 0.2) is 48.5 Å². The second-order valence-electron chi connectivity index (χ2n) is 7.75. The molecule has 0 fully saturated rings. The van der Waals surface area contributed by atoms with Crippen molar-refractivity contribution in [3.8, 4) is 0 Å². The summed E-state index contributed by atoms with van der Waals surface area (Å²) in [7, 11) is 0. The molecule has 1 heterocycles. The number of hydrogen-bond donors (Lipinski definition) is 4. The molecule has 0 aliphatic heterocycles. The number of nitrogens with one attached hydrogen (secondary N) is 4. The maximum absolute atomic E-state index is 12.3. The summed E-state index contributed by atoms with van der Waals surface area (Å²) in [5, 5.41) is 16.0. The lowest BCUT2D eigenvalue weighted by Crippen LogP contribution is -2.30. The van der Waals surface area contributed by atoms with E-state index < -0.39 is 0 Å². The molecule has 0 spiro atoms. The van der Waals surface area contributed by atoms with E-state index in [1.54, 1.807) is 0 Å². The third-order valence-electron chi connectivity index (χ3n) is 4.62. The first kappa shape index (κ1) is 22.0. The lowest BCUT2D eigenvalue weighted by Gasteiger charge is -2.10. The van der Waals surface area contributed by atoms with Crippen LogP contribution in [0.2, 0.25) is 0 Å². The quantitative estimate of drug-likeness (QED) is 0.425. The number of para-hydroxylation sites is 1. The van der Waals surface area contributed by atoms with Crippen LogP contribution in [0.3, 0.4) is 0 Å². The van der Waals surface area contributed by atoms with Crippen molar-refractivity contribution in [1.29, 1.82) is 0 Å². The molecular formula is C23H27N5O3. The summed E-state index contributed by atoms with van der Waals surface area (Å²) in [4.78, 5) is 36.3. The molecule has 8 heteroatoms. The van der Waals surface area contributed by atoms with Crippen molar-refractivity contribution >= 4 is 34.3 Å². The third kappa shape index (κ3) is 6.40. The Morgan fingerprint density at radius 1 is 1.00 bits per heavy atom. The van der Waals surface area contributed by atoms with Crippen molar-refractivity contribution in [1.82, 2.24) is 20.8 Å². The predicted octanol–water partition coefficient (Wildman–Crippen LogP) is 2.98. The third-order valence-corrected chi connectivity index (χ3v) is 4.62. The zero-order chi connectivity index (χ0) is 22.2. The molecule has 0 bridgehead atoms. The maximum Gasteiger partial charge on any atom is 0.272 e. The average Bonchev–Trinajstić information content (AvgIpc) is 3.16. The molecule has 0 aliphatic rings. The molecule has 1 aromatic heterocycles. The van der Waals surface area contributed by atoms with Crippen molar-refractivity contribution in [2.24, 2.45) is 5.92 Å². The van der Waals surface area contributed by atoms with Gasteiger partial charge in [-0.2, -0.15) is 5.10 Å². The Bertz CT molecular complexity index is 1070. The molecule has 31 heavy (non-hydrogen) atoms. The van der Waals surface area contributed by atoms with E-state index in [4.69, 9.17) is 0 Å². The van der Waals surface area contributed by atoms with Gasteiger partial charge in [-0.05, 0) is 29.7 Å². The second-order valence-corrected chi connectivity index (χ2v) is 7.75. The summed E-state index contributed by atoms with van der Waals surface area (Å²) in [5.74, 6) is -0.247. The largest absolute Gasteiger partial charge is 0.352 e. The Kier molecular flexibility index (Phi) is 7.37. The molecule has 162 valence electrons. The highest BCUT2D eigenvalue weighted by Gasteiger charge is 2.13. The molecular weight excluding hydrogens is 394 g/mol. The monoisotopic (exact) mass is 421 g/mol. The van der Waals surface area contributed by atoms with Gasteiger partial charge in [0.25, 0.3) is 5.91 Å². The Balaban J connectivity index is 1.42. The van der Waals surface area contributed by atoms with Gasteiger partial charge in [0.05, 0.1) is 5.52 Å². The van der Waals surface area contributed by atoms with Gasteiger partial charge in [-0.1, -0.05) is 44.2 Å². The number of amides is 3. The van der Waals surface area contributed by atoms with E-state index in [1.165, 1.54) is 0 Å². The van der Waals surface area contributed by atoms with Crippen molar-refractivity contribution in [3.05, 3.63) is 59.8 Å². The van der Waals surface area contributed by atoms with Gasteiger partial charge in [0.1, 0.15) is 0 Å².